The van der Waals surface area contributed by atoms with Gasteiger partial charge in [0.1, 0.15) is 0 Å². The van der Waals surface area contributed by atoms with Crippen molar-refractivity contribution in [3.05, 3.63) is 41.4 Å². The van der Waals surface area contributed by atoms with Crippen LogP contribution >= 0.6 is 0 Å². The van der Waals surface area contributed by atoms with Crippen LogP contribution in [0, 0.1) is 5.92 Å². The highest BCUT2D eigenvalue weighted by Crippen LogP contribution is 2.33. The second-order valence-electron chi connectivity index (χ2n) is 7.91. The van der Waals surface area contributed by atoms with Crippen molar-refractivity contribution in [1.82, 2.24) is 10.4 Å². The van der Waals surface area contributed by atoms with E-state index in [1.807, 2.05) is 32.0 Å². The summed E-state index contributed by atoms with van der Waals surface area (Å²) in [5, 5.41) is 4.31. The van der Waals surface area contributed by atoms with Gasteiger partial charge in [0.05, 0.1) is 12.0 Å². The highest BCUT2D eigenvalue weighted by Gasteiger charge is 2.37. The van der Waals surface area contributed by atoms with E-state index >= 15 is 0 Å². The zero-order valence-corrected chi connectivity index (χ0v) is 16.1. The molecule has 0 bridgehead atoms. The minimum atomic E-state index is -0.569. The van der Waals surface area contributed by atoms with E-state index in [-0.39, 0.29) is 18.3 Å². The summed E-state index contributed by atoms with van der Waals surface area (Å²) in [5.74, 6) is 0.364. The van der Waals surface area contributed by atoms with Crippen molar-refractivity contribution in [3.8, 4) is 0 Å². The smallest absolute Gasteiger partial charge is 0.228 e. The molecule has 1 aliphatic heterocycles. The number of rotatable bonds is 6. The van der Waals surface area contributed by atoms with Gasteiger partial charge in [0.2, 0.25) is 11.9 Å². The summed E-state index contributed by atoms with van der Waals surface area (Å²) in [7, 11) is 1.62. The Hall–Kier alpha value is -1.88. The average molecular weight is 347 g/mol. The molecule has 1 atom stereocenters. The quantitative estimate of drug-likeness (QED) is 0.741. The van der Waals surface area contributed by atoms with Gasteiger partial charge >= 0.3 is 0 Å². The van der Waals surface area contributed by atoms with Gasteiger partial charge in [-0.15, -0.1) is 0 Å². The molecule has 2 rings (SSSR count). The Morgan fingerprint density at radius 2 is 1.92 bits per heavy atom. The van der Waals surface area contributed by atoms with E-state index in [0.29, 0.717) is 17.4 Å². The summed E-state index contributed by atoms with van der Waals surface area (Å²) in [4.78, 5) is 12.5. The second kappa shape index (κ2) is 7.56. The van der Waals surface area contributed by atoms with Crippen LogP contribution in [0.1, 0.15) is 58.9 Å². The monoisotopic (exact) mass is 347 g/mol. The molecular weight excluding hydrogens is 317 g/mol. The van der Waals surface area contributed by atoms with Crippen LogP contribution < -0.4 is 10.7 Å². The third-order valence-electron chi connectivity index (χ3n) is 4.67. The first-order chi connectivity index (χ1) is 11.6. The molecule has 1 aromatic carbocycles. The van der Waals surface area contributed by atoms with Crippen molar-refractivity contribution in [3.63, 3.8) is 0 Å². The van der Waals surface area contributed by atoms with E-state index in [9.17, 15) is 9.18 Å². The normalized spacial score (nSPS) is 18.0. The van der Waals surface area contributed by atoms with E-state index in [1.165, 1.54) is 5.01 Å². The Bertz CT molecular complexity index is 667. The number of benzene rings is 1. The Kier molecular flexibility index (Phi) is 5.88. The SMILES string of the molecule is CC(C)CC(C)c1ccccc1NC(=O)CC1=C(F)N(C)NC1(C)C. The number of amides is 1. The van der Waals surface area contributed by atoms with E-state index in [2.05, 4.69) is 37.6 Å². The first kappa shape index (κ1) is 19.4. The number of hydrogen-bond acceptors (Lipinski definition) is 3. The minimum absolute atomic E-state index is 0.0308. The predicted octanol–water partition coefficient (Wildman–Crippen LogP) is 4.57. The van der Waals surface area contributed by atoms with E-state index < -0.39 is 5.54 Å². The third kappa shape index (κ3) is 4.60. The van der Waals surface area contributed by atoms with E-state index in [4.69, 9.17) is 0 Å². The van der Waals surface area contributed by atoms with Gasteiger partial charge in [-0.1, -0.05) is 39.0 Å². The molecule has 138 valence electrons. The van der Waals surface area contributed by atoms with Gasteiger partial charge in [0.15, 0.2) is 0 Å². The number of hydrazine groups is 1. The van der Waals surface area contributed by atoms with Crippen LogP contribution in [0.3, 0.4) is 0 Å². The fraction of sp³-hybridized carbons (Fsp3) is 0.550. The largest absolute Gasteiger partial charge is 0.326 e. The minimum Gasteiger partial charge on any atom is -0.326 e. The van der Waals surface area contributed by atoms with Crippen LogP contribution in [0.2, 0.25) is 0 Å². The molecule has 4 nitrogen and oxygen atoms in total. The molecule has 5 heteroatoms. The number of nitrogens with zero attached hydrogens (tertiary/aromatic N) is 1. The Morgan fingerprint density at radius 3 is 2.48 bits per heavy atom. The number of carbonyl (C=O) groups excluding carboxylic acids is 1. The molecule has 0 radical (unpaired) electrons. The third-order valence-corrected chi connectivity index (χ3v) is 4.67. The molecule has 0 aromatic heterocycles. The van der Waals surface area contributed by atoms with Gasteiger partial charge in [-0.05, 0) is 43.7 Å². The highest BCUT2D eigenvalue weighted by atomic mass is 19.1. The summed E-state index contributed by atoms with van der Waals surface area (Å²) in [6.45, 7) is 10.3. The molecule has 0 spiro atoms. The van der Waals surface area contributed by atoms with Crippen LogP contribution in [-0.2, 0) is 4.79 Å². The van der Waals surface area contributed by atoms with Crippen molar-refractivity contribution in [2.45, 2.75) is 58.9 Å². The lowest BCUT2D eigenvalue weighted by Gasteiger charge is -2.23. The molecule has 0 aliphatic carbocycles. The maximum Gasteiger partial charge on any atom is 0.228 e. The van der Waals surface area contributed by atoms with Gasteiger partial charge in [-0.2, -0.15) is 4.39 Å². The van der Waals surface area contributed by atoms with Crippen LogP contribution in [-0.4, -0.2) is 23.5 Å². The number of para-hydroxylation sites is 1. The van der Waals surface area contributed by atoms with Crippen molar-refractivity contribution < 1.29 is 9.18 Å². The topological polar surface area (TPSA) is 44.4 Å². The van der Waals surface area contributed by atoms with Crippen molar-refractivity contribution in [1.29, 1.82) is 0 Å². The van der Waals surface area contributed by atoms with Gasteiger partial charge in [-0.3, -0.25) is 9.80 Å². The first-order valence-electron chi connectivity index (χ1n) is 8.91. The molecule has 0 saturated carbocycles. The van der Waals surface area contributed by atoms with Gasteiger partial charge in [-0.25, -0.2) is 5.43 Å². The molecule has 2 N–H and O–H groups in total. The number of anilines is 1. The fourth-order valence-electron chi connectivity index (χ4n) is 3.52. The molecule has 25 heavy (non-hydrogen) atoms. The van der Waals surface area contributed by atoms with Gasteiger partial charge < -0.3 is 5.32 Å². The van der Waals surface area contributed by atoms with E-state index in [0.717, 1.165) is 17.7 Å². The molecule has 0 fully saturated rings. The maximum absolute atomic E-state index is 14.3. The highest BCUT2D eigenvalue weighted by molar-refractivity contribution is 5.93. The van der Waals surface area contributed by atoms with Gasteiger partial charge in [0.25, 0.3) is 0 Å². The zero-order chi connectivity index (χ0) is 18.8. The lowest BCUT2D eigenvalue weighted by molar-refractivity contribution is -0.115. The molecule has 1 heterocycles. The summed E-state index contributed by atoms with van der Waals surface area (Å²) in [5.41, 5.74) is 4.86. The Labute approximate surface area is 150 Å². The number of carbonyl (C=O) groups is 1. The Balaban J connectivity index is 2.14. The van der Waals surface area contributed by atoms with Crippen LogP contribution in [0.4, 0.5) is 10.1 Å². The number of nitrogens with one attached hydrogen (secondary N) is 2. The maximum atomic E-state index is 14.3. The van der Waals surface area contributed by atoms with Crippen molar-refractivity contribution in [2.24, 2.45) is 5.92 Å². The summed E-state index contributed by atoms with van der Waals surface area (Å²) < 4.78 is 14.3. The molecular formula is C20H30FN3O. The average Bonchev–Trinajstić information content (AvgIpc) is 2.69. The Morgan fingerprint density at radius 1 is 1.28 bits per heavy atom. The fourth-order valence-corrected chi connectivity index (χ4v) is 3.52. The van der Waals surface area contributed by atoms with Crippen LogP contribution in [0.25, 0.3) is 0 Å². The number of hydrogen-bond donors (Lipinski definition) is 2. The zero-order valence-electron chi connectivity index (χ0n) is 16.1. The number of halogens is 1. The van der Waals surface area contributed by atoms with Crippen molar-refractivity contribution >= 4 is 11.6 Å². The molecule has 0 saturated heterocycles. The van der Waals surface area contributed by atoms with Crippen molar-refractivity contribution in [2.75, 3.05) is 12.4 Å². The molecule has 1 aliphatic rings. The standard InChI is InChI=1S/C20H30FN3O/c1-13(2)11-14(3)15-9-7-8-10-17(15)22-18(25)12-16-19(21)24(6)23-20(16,4)5/h7-10,13-14,23H,11-12H2,1-6H3,(H,22,25). The van der Waals surface area contributed by atoms with E-state index in [1.54, 1.807) is 7.05 Å². The lowest BCUT2D eigenvalue weighted by Crippen LogP contribution is -2.42. The van der Waals surface area contributed by atoms with Crippen LogP contribution in [0.5, 0.6) is 0 Å². The lowest BCUT2D eigenvalue weighted by atomic mass is 9.90. The first-order valence-corrected chi connectivity index (χ1v) is 8.91. The summed E-state index contributed by atoms with van der Waals surface area (Å²) in [6.07, 6.45) is 1.08. The molecule has 1 amide bonds. The summed E-state index contributed by atoms with van der Waals surface area (Å²) >= 11 is 0. The van der Waals surface area contributed by atoms with Gasteiger partial charge in [0, 0.05) is 18.3 Å². The molecule has 1 unspecified atom stereocenters. The summed E-state index contributed by atoms with van der Waals surface area (Å²) in [6, 6.07) is 7.87. The van der Waals surface area contributed by atoms with Crippen LogP contribution in [0.15, 0.2) is 35.8 Å². The predicted molar refractivity (Wildman–Crippen MR) is 101 cm³/mol. The second-order valence-corrected chi connectivity index (χ2v) is 7.91. The molecule has 1 aromatic rings.